The first-order valence-electron chi connectivity index (χ1n) is 8.51. The van der Waals surface area contributed by atoms with Crippen LogP contribution in [0.5, 0.6) is 0 Å². The third kappa shape index (κ3) is 3.32. The lowest BCUT2D eigenvalue weighted by Crippen LogP contribution is -2.21. The normalized spacial score (nSPS) is 16.0. The number of alkyl halides is 3. The zero-order valence-electron chi connectivity index (χ0n) is 15.3. The molecule has 0 unspecified atom stereocenters. The Balaban J connectivity index is 2.05. The van der Waals surface area contributed by atoms with Gasteiger partial charge in [-0.3, -0.25) is 0 Å². The zero-order chi connectivity index (χ0) is 21.9. The van der Waals surface area contributed by atoms with Gasteiger partial charge in [-0.1, -0.05) is 24.3 Å². The highest BCUT2D eigenvalue weighted by atomic mass is 32.2. The molecule has 0 spiro atoms. The molecule has 3 aromatic rings. The highest BCUT2D eigenvalue weighted by Crippen LogP contribution is 2.46. The van der Waals surface area contributed by atoms with Crippen LogP contribution in [-0.4, -0.2) is 23.1 Å². The van der Waals surface area contributed by atoms with Crippen molar-refractivity contribution in [2.45, 2.75) is 35.5 Å². The van der Waals surface area contributed by atoms with Gasteiger partial charge in [-0.15, -0.1) is 0 Å². The average Bonchev–Trinajstić information content (AvgIpc) is 2.67. The van der Waals surface area contributed by atoms with E-state index in [2.05, 4.69) is 0 Å². The van der Waals surface area contributed by atoms with Crippen LogP contribution in [-0.2, 0) is 36.7 Å². The van der Waals surface area contributed by atoms with Gasteiger partial charge < -0.3 is 0 Å². The van der Waals surface area contributed by atoms with Crippen molar-refractivity contribution in [2.75, 3.05) is 6.26 Å². The summed E-state index contributed by atoms with van der Waals surface area (Å²) >= 11 is 0. The van der Waals surface area contributed by atoms with Crippen LogP contribution in [0.2, 0.25) is 0 Å². The number of sulfone groups is 2. The molecule has 4 nitrogen and oxygen atoms in total. The summed E-state index contributed by atoms with van der Waals surface area (Å²) in [5.74, 6) is 0. The molecular weight excluding hydrogens is 457 g/mol. The van der Waals surface area contributed by atoms with Crippen LogP contribution in [0, 0.1) is 0 Å². The fraction of sp³-hybridized carbons (Fsp3) is 0.100. The van der Waals surface area contributed by atoms with E-state index in [0.717, 1.165) is 18.4 Å². The van der Waals surface area contributed by atoms with Gasteiger partial charge in [0, 0.05) is 12.3 Å². The number of fused-ring (bicyclic) bond motifs is 2. The maximum Gasteiger partial charge on any atom is 0.417 e. The average molecular weight is 472 g/mol. The van der Waals surface area contributed by atoms with E-state index in [1.807, 2.05) is 0 Å². The monoisotopic (exact) mass is 471 g/mol. The molecule has 156 valence electrons. The summed E-state index contributed by atoms with van der Waals surface area (Å²) in [6.07, 6.45) is -4.17. The predicted octanol–water partition coefficient (Wildman–Crippen LogP) is 4.35. The van der Waals surface area contributed by atoms with Crippen molar-refractivity contribution in [3.8, 4) is 0 Å². The first-order chi connectivity index (χ1) is 13.9. The Labute approximate surface area is 174 Å². The number of benzene rings is 3. The van der Waals surface area contributed by atoms with E-state index < -0.39 is 47.2 Å². The van der Waals surface area contributed by atoms with Crippen LogP contribution in [0.4, 0.5) is 13.2 Å². The molecule has 0 saturated carbocycles. The molecule has 1 aliphatic heterocycles. The van der Waals surface area contributed by atoms with Gasteiger partial charge >= 0.3 is 6.18 Å². The second-order valence-electron chi connectivity index (χ2n) is 6.63. The van der Waals surface area contributed by atoms with Crippen LogP contribution < -0.4 is 0 Å². The zero-order valence-corrected chi connectivity index (χ0v) is 17.8. The molecule has 0 radical (unpaired) electrons. The van der Waals surface area contributed by atoms with Crippen molar-refractivity contribution in [3.63, 3.8) is 0 Å². The minimum atomic E-state index is -4.89. The fourth-order valence-corrected chi connectivity index (χ4v) is 8.97. The van der Waals surface area contributed by atoms with E-state index in [0.29, 0.717) is 9.79 Å². The van der Waals surface area contributed by atoms with E-state index in [1.54, 1.807) is 36.4 Å². The van der Waals surface area contributed by atoms with Crippen LogP contribution >= 0.6 is 0 Å². The van der Waals surface area contributed by atoms with Gasteiger partial charge in [0.15, 0.2) is 24.5 Å². The Morgan fingerprint density at radius 3 is 1.80 bits per heavy atom. The topological polar surface area (TPSA) is 68.3 Å². The van der Waals surface area contributed by atoms with Crippen molar-refractivity contribution in [3.05, 3.63) is 72.3 Å². The molecule has 0 N–H and O–H groups in total. The smallest absolute Gasteiger partial charge is 0.224 e. The van der Waals surface area contributed by atoms with Gasteiger partial charge in [0.25, 0.3) is 0 Å². The Hall–Kier alpha value is -2.30. The van der Waals surface area contributed by atoms with Crippen LogP contribution in [0.25, 0.3) is 0 Å². The Kier molecular flexibility index (Phi) is 4.79. The third-order valence-electron chi connectivity index (χ3n) is 4.61. The third-order valence-corrected chi connectivity index (χ3v) is 10.2. The van der Waals surface area contributed by atoms with E-state index in [4.69, 9.17) is 0 Å². The van der Waals surface area contributed by atoms with Crippen LogP contribution in [0.15, 0.2) is 96.1 Å². The molecular formula is C20H14F3O4S3+. The second kappa shape index (κ2) is 6.86. The maximum absolute atomic E-state index is 13.7. The van der Waals surface area contributed by atoms with Gasteiger partial charge in [-0.05, 0) is 36.4 Å². The lowest BCUT2D eigenvalue weighted by atomic mass is 10.2. The molecule has 0 aromatic heterocycles. The fourth-order valence-electron chi connectivity index (χ4n) is 3.35. The summed E-state index contributed by atoms with van der Waals surface area (Å²) in [5.41, 5.74) is -1.27. The Bertz CT molecular complexity index is 1320. The predicted molar refractivity (Wildman–Crippen MR) is 105 cm³/mol. The molecule has 30 heavy (non-hydrogen) atoms. The molecule has 1 aliphatic rings. The molecule has 0 amide bonds. The number of hydrogen-bond acceptors (Lipinski definition) is 4. The standard InChI is InChI=1S/C20H14F3O4S3/c1-29(24,25)17-11-10-13(12-14(17)20(21,22)23)28-15-6-2-4-8-18(15)30(26,27)19-9-5-3-7-16(19)28/h2-12H,1H3/q+1. The van der Waals surface area contributed by atoms with Gasteiger partial charge in [0.05, 0.1) is 10.5 Å². The summed E-state index contributed by atoms with van der Waals surface area (Å²) in [4.78, 5) is 0.187. The van der Waals surface area contributed by atoms with E-state index in [1.165, 1.54) is 18.2 Å². The van der Waals surface area contributed by atoms with Crippen molar-refractivity contribution >= 4 is 30.6 Å². The summed E-state index contributed by atoms with van der Waals surface area (Å²) < 4.78 is 90.9. The largest absolute Gasteiger partial charge is 0.417 e. The lowest BCUT2D eigenvalue weighted by Gasteiger charge is -2.20. The SMILES string of the molecule is CS(=O)(=O)c1ccc([S+]2c3ccccc3S(=O)(=O)c3ccccc32)cc1C(F)(F)F. The van der Waals surface area contributed by atoms with Gasteiger partial charge in [0.2, 0.25) is 9.84 Å². The molecule has 0 fully saturated rings. The van der Waals surface area contributed by atoms with Gasteiger partial charge in [-0.2, -0.15) is 13.2 Å². The van der Waals surface area contributed by atoms with Crippen LogP contribution in [0.3, 0.4) is 0 Å². The van der Waals surface area contributed by atoms with Crippen molar-refractivity contribution in [2.24, 2.45) is 0 Å². The Morgan fingerprint density at radius 2 is 1.33 bits per heavy atom. The summed E-state index contributed by atoms with van der Waals surface area (Å²) in [5, 5.41) is 0. The summed E-state index contributed by atoms with van der Waals surface area (Å²) in [6, 6.07) is 15.4. The quantitative estimate of drug-likeness (QED) is 0.408. The second-order valence-corrected chi connectivity index (χ2v) is 12.5. The van der Waals surface area contributed by atoms with Crippen molar-refractivity contribution in [1.29, 1.82) is 0 Å². The Morgan fingerprint density at radius 1 is 0.833 bits per heavy atom. The molecule has 4 rings (SSSR count). The van der Waals surface area contributed by atoms with Crippen molar-refractivity contribution < 1.29 is 30.0 Å². The van der Waals surface area contributed by atoms with Crippen molar-refractivity contribution in [1.82, 2.24) is 0 Å². The van der Waals surface area contributed by atoms with E-state index in [9.17, 15) is 30.0 Å². The van der Waals surface area contributed by atoms with Gasteiger partial charge in [-0.25, -0.2) is 16.8 Å². The molecule has 0 saturated heterocycles. The minimum Gasteiger partial charge on any atom is -0.224 e. The minimum absolute atomic E-state index is 0.0350. The maximum atomic E-state index is 13.7. The molecule has 10 heteroatoms. The highest BCUT2D eigenvalue weighted by molar-refractivity contribution is 8.00. The molecule has 1 heterocycles. The first kappa shape index (κ1) is 21.0. The number of halogens is 3. The molecule has 0 bridgehead atoms. The number of hydrogen-bond donors (Lipinski definition) is 0. The lowest BCUT2D eigenvalue weighted by molar-refractivity contribution is -0.140. The molecule has 0 atom stereocenters. The summed E-state index contributed by atoms with van der Waals surface area (Å²) in [6.45, 7) is 0. The molecule has 3 aromatic carbocycles. The first-order valence-corrected chi connectivity index (χ1v) is 13.1. The van der Waals surface area contributed by atoms with E-state index >= 15 is 0 Å². The van der Waals surface area contributed by atoms with Crippen LogP contribution in [0.1, 0.15) is 5.56 Å². The van der Waals surface area contributed by atoms with E-state index in [-0.39, 0.29) is 14.7 Å². The van der Waals surface area contributed by atoms with Gasteiger partial charge in [0.1, 0.15) is 20.7 Å². The highest BCUT2D eigenvalue weighted by Gasteiger charge is 2.46. The number of rotatable bonds is 2. The summed E-state index contributed by atoms with van der Waals surface area (Å²) in [7, 11) is -9.10. The molecule has 0 aliphatic carbocycles.